The zero-order valence-corrected chi connectivity index (χ0v) is 15.1. The van der Waals surface area contributed by atoms with Gasteiger partial charge < -0.3 is 16.0 Å². The van der Waals surface area contributed by atoms with Crippen molar-refractivity contribution in [2.24, 2.45) is 0 Å². The van der Waals surface area contributed by atoms with Gasteiger partial charge in [-0.15, -0.1) is 0 Å². The van der Waals surface area contributed by atoms with Crippen molar-refractivity contribution >= 4 is 28.9 Å². The smallest absolute Gasteiger partial charge is 0.255 e. The second-order valence-corrected chi connectivity index (χ2v) is 6.18. The maximum atomic E-state index is 12.4. The molecule has 3 N–H and O–H groups in total. The maximum absolute atomic E-state index is 12.4. The number of nitrogens with two attached hydrogens (primary N) is 1. The summed E-state index contributed by atoms with van der Waals surface area (Å²) in [7, 11) is 0. The number of nitrogens with zero attached hydrogens (tertiary/aromatic N) is 1. The number of hydrogen-bond donors (Lipinski definition) is 2. The highest BCUT2D eigenvalue weighted by atomic mass is 16.2. The van der Waals surface area contributed by atoms with Crippen molar-refractivity contribution in [3.05, 3.63) is 90.0 Å². The van der Waals surface area contributed by atoms with Crippen molar-refractivity contribution in [3.8, 4) is 0 Å². The third kappa shape index (κ3) is 4.52. The first-order valence-electron chi connectivity index (χ1n) is 8.62. The van der Waals surface area contributed by atoms with E-state index in [1.165, 1.54) is 0 Å². The van der Waals surface area contributed by atoms with E-state index in [0.29, 0.717) is 23.5 Å². The molecule has 0 aliphatic heterocycles. The molecule has 0 atom stereocenters. The molecule has 5 heteroatoms. The Bertz CT molecular complexity index is 937. The van der Waals surface area contributed by atoms with Gasteiger partial charge in [0.25, 0.3) is 5.91 Å². The molecule has 27 heavy (non-hydrogen) atoms. The van der Waals surface area contributed by atoms with Crippen molar-refractivity contribution < 1.29 is 9.59 Å². The van der Waals surface area contributed by atoms with Crippen molar-refractivity contribution in [2.45, 2.75) is 13.5 Å². The topological polar surface area (TPSA) is 75.4 Å². The SMILES string of the molecule is CC(=O)N(Cc1ccc(C(=O)Nc2ccccc2N)cc1)c1ccccc1. The van der Waals surface area contributed by atoms with Gasteiger partial charge >= 0.3 is 0 Å². The molecule has 0 aliphatic rings. The van der Waals surface area contributed by atoms with Crippen LogP contribution in [0.15, 0.2) is 78.9 Å². The van der Waals surface area contributed by atoms with E-state index >= 15 is 0 Å². The molecule has 0 radical (unpaired) electrons. The summed E-state index contributed by atoms with van der Waals surface area (Å²) in [5, 5.41) is 2.80. The summed E-state index contributed by atoms with van der Waals surface area (Å²) in [6.07, 6.45) is 0. The van der Waals surface area contributed by atoms with E-state index in [2.05, 4.69) is 5.32 Å². The Kier molecular flexibility index (Phi) is 5.52. The number of nitrogen functional groups attached to an aromatic ring is 1. The van der Waals surface area contributed by atoms with E-state index in [1.54, 1.807) is 36.1 Å². The first kappa shape index (κ1) is 18.2. The number of amides is 2. The third-order valence-corrected chi connectivity index (χ3v) is 4.21. The van der Waals surface area contributed by atoms with Crippen LogP contribution in [0.25, 0.3) is 0 Å². The van der Waals surface area contributed by atoms with Gasteiger partial charge in [-0.2, -0.15) is 0 Å². The van der Waals surface area contributed by atoms with Crippen LogP contribution in [-0.2, 0) is 11.3 Å². The number of rotatable bonds is 5. The van der Waals surface area contributed by atoms with Gasteiger partial charge in [0.1, 0.15) is 0 Å². The van der Waals surface area contributed by atoms with Gasteiger partial charge in [-0.25, -0.2) is 0 Å². The van der Waals surface area contributed by atoms with Crippen molar-refractivity contribution in [2.75, 3.05) is 16.0 Å². The highest BCUT2D eigenvalue weighted by molar-refractivity contribution is 6.05. The molecule has 0 fully saturated rings. The zero-order chi connectivity index (χ0) is 19.2. The molecule has 0 saturated carbocycles. The van der Waals surface area contributed by atoms with E-state index in [1.807, 2.05) is 54.6 Å². The fourth-order valence-corrected chi connectivity index (χ4v) is 2.74. The minimum atomic E-state index is -0.231. The molecule has 0 unspecified atom stereocenters. The highest BCUT2D eigenvalue weighted by Gasteiger charge is 2.13. The van der Waals surface area contributed by atoms with Crippen LogP contribution in [0.5, 0.6) is 0 Å². The number of benzene rings is 3. The van der Waals surface area contributed by atoms with E-state index in [9.17, 15) is 9.59 Å². The molecule has 3 rings (SSSR count). The fourth-order valence-electron chi connectivity index (χ4n) is 2.74. The molecule has 0 bridgehead atoms. The first-order chi connectivity index (χ1) is 13.0. The summed E-state index contributed by atoms with van der Waals surface area (Å²) in [5.74, 6) is -0.270. The number of carbonyl (C=O) groups is 2. The Morgan fingerprint density at radius 3 is 2.15 bits per heavy atom. The lowest BCUT2D eigenvalue weighted by atomic mass is 10.1. The molecule has 3 aromatic rings. The summed E-state index contributed by atoms with van der Waals surface area (Å²) in [6.45, 7) is 1.98. The number of para-hydroxylation sites is 3. The van der Waals surface area contributed by atoms with E-state index < -0.39 is 0 Å². The molecule has 5 nitrogen and oxygen atoms in total. The minimum Gasteiger partial charge on any atom is -0.397 e. The molecule has 0 spiro atoms. The summed E-state index contributed by atoms with van der Waals surface area (Å²) >= 11 is 0. The van der Waals surface area contributed by atoms with Crippen molar-refractivity contribution in [1.82, 2.24) is 0 Å². The van der Waals surface area contributed by atoms with Crippen LogP contribution in [0, 0.1) is 0 Å². The van der Waals surface area contributed by atoms with Crippen LogP contribution >= 0.6 is 0 Å². The highest BCUT2D eigenvalue weighted by Crippen LogP contribution is 2.19. The fraction of sp³-hybridized carbons (Fsp3) is 0.0909. The first-order valence-corrected chi connectivity index (χ1v) is 8.62. The van der Waals surface area contributed by atoms with Gasteiger partial charge in [0.2, 0.25) is 5.91 Å². The van der Waals surface area contributed by atoms with Gasteiger partial charge in [-0.3, -0.25) is 9.59 Å². The van der Waals surface area contributed by atoms with Crippen LogP contribution in [0.2, 0.25) is 0 Å². The van der Waals surface area contributed by atoms with Gasteiger partial charge in [-0.1, -0.05) is 42.5 Å². The van der Waals surface area contributed by atoms with Crippen LogP contribution in [0.4, 0.5) is 17.1 Å². The Morgan fingerprint density at radius 1 is 0.889 bits per heavy atom. The molecule has 0 aliphatic carbocycles. The lowest BCUT2D eigenvalue weighted by Gasteiger charge is -2.21. The number of anilines is 3. The number of carbonyl (C=O) groups excluding carboxylic acids is 2. The lowest BCUT2D eigenvalue weighted by Crippen LogP contribution is -2.27. The maximum Gasteiger partial charge on any atom is 0.255 e. The summed E-state index contributed by atoms with van der Waals surface area (Å²) in [6, 6.07) is 23.8. The average molecular weight is 359 g/mol. The molecule has 0 aromatic heterocycles. The Labute approximate surface area is 158 Å². The third-order valence-electron chi connectivity index (χ3n) is 4.21. The van der Waals surface area contributed by atoms with E-state index in [-0.39, 0.29) is 11.8 Å². The van der Waals surface area contributed by atoms with Gasteiger partial charge in [-0.05, 0) is 42.0 Å². The van der Waals surface area contributed by atoms with Gasteiger partial charge in [0.15, 0.2) is 0 Å². The Hall–Kier alpha value is -3.60. The predicted octanol–water partition coefficient (Wildman–Crippen LogP) is 4.07. The summed E-state index contributed by atoms with van der Waals surface area (Å²) in [5.41, 5.74) is 9.25. The van der Waals surface area contributed by atoms with E-state index in [0.717, 1.165) is 11.3 Å². The number of hydrogen-bond acceptors (Lipinski definition) is 3. The molecule has 0 heterocycles. The normalized spacial score (nSPS) is 10.3. The minimum absolute atomic E-state index is 0.0393. The van der Waals surface area contributed by atoms with Crippen LogP contribution in [0.3, 0.4) is 0 Å². The van der Waals surface area contributed by atoms with Crippen LogP contribution in [-0.4, -0.2) is 11.8 Å². The lowest BCUT2D eigenvalue weighted by molar-refractivity contribution is -0.116. The quantitative estimate of drug-likeness (QED) is 0.674. The largest absolute Gasteiger partial charge is 0.397 e. The number of nitrogens with one attached hydrogen (secondary N) is 1. The summed E-state index contributed by atoms with van der Waals surface area (Å²) < 4.78 is 0. The molecular weight excluding hydrogens is 338 g/mol. The second kappa shape index (κ2) is 8.19. The van der Waals surface area contributed by atoms with Crippen molar-refractivity contribution in [1.29, 1.82) is 0 Å². The molecule has 2 amide bonds. The standard InChI is InChI=1S/C22H21N3O2/c1-16(26)25(19-7-3-2-4-8-19)15-17-11-13-18(14-12-17)22(27)24-21-10-6-5-9-20(21)23/h2-14H,15,23H2,1H3,(H,24,27). The van der Waals surface area contributed by atoms with Crippen LogP contribution < -0.4 is 16.0 Å². The Balaban J connectivity index is 1.72. The molecule has 0 saturated heterocycles. The van der Waals surface area contributed by atoms with E-state index in [4.69, 9.17) is 5.73 Å². The average Bonchev–Trinajstić information content (AvgIpc) is 2.68. The summed E-state index contributed by atoms with van der Waals surface area (Å²) in [4.78, 5) is 26.1. The zero-order valence-electron chi connectivity index (χ0n) is 15.1. The predicted molar refractivity (Wildman–Crippen MR) is 109 cm³/mol. The second-order valence-electron chi connectivity index (χ2n) is 6.18. The van der Waals surface area contributed by atoms with Gasteiger partial charge in [0, 0.05) is 18.2 Å². The molecule has 3 aromatic carbocycles. The van der Waals surface area contributed by atoms with Crippen LogP contribution in [0.1, 0.15) is 22.8 Å². The Morgan fingerprint density at radius 2 is 1.52 bits per heavy atom. The molecule has 136 valence electrons. The molecular formula is C22H21N3O2. The monoisotopic (exact) mass is 359 g/mol. The van der Waals surface area contributed by atoms with Gasteiger partial charge in [0.05, 0.1) is 17.9 Å². The van der Waals surface area contributed by atoms with Crippen molar-refractivity contribution in [3.63, 3.8) is 0 Å².